The number of carbonyl (C=O) groups is 1. The highest BCUT2D eigenvalue weighted by Gasteiger charge is 2.41. The smallest absolute Gasteiger partial charge is 0.407 e. The number of halogens is 1. The standard InChI is InChI=1S/C16H25BrN2O4Si/c1-16(2,3)24(4,5)23-10-13-12(14-18-6-7-22-14)8-11(17)9-19(13)15(20)21/h6-8,11,13H,9-10H2,1-5H3,(H,20,21)/t11?,13-/m1/s1. The molecule has 1 aliphatic heterocycles. The summed E-state index contributed by atoms with van der Waals surface area (Å²) in [5.74, 6) is 0.439. The fraction of sp³-hybridized carbons (Fsp3) is 0.625. The first-order chi connectivity index (χ1) is 11.0. The van der Waals surface area contributed by atoms with Crippen LogP contribution in [0.25, 0.3) is 5.57 Å². The van der Waals surface area contributed by atoms with E-state index in [9.17, 15) is 9.90 Å². The molecule has 0 aliphatic carbocycles. The molecule has 0 fully saturated rings. The lowest BCUT2D eigenvalue weighted by Crippen LogP contribution is -2.51. The van der Waals surface area contributed by atoms with Gasteiger partial charge in [0, 0.05) is 12.1 Å². The minimum Gasteiger partial charge on any atom is -0.465 e. The summed E-state index contributed by atoms with van der Waals surface area (Å²) in [6.45, 7) is 11.5. The number of rotatable bonds is 4. The summed E-state index contributed by atoms with van der Waals surface area (Å²) in [6, 6.07) is -0.427. The molecule has 0 saturated heterocycles. The maximum atomic E-state index is 11.7. The Morgan fingerprint density at radius 2 is 2.21 bits per heavy atom. The molecule has 1 aliphatic rings. The minimum atomic E-state index is -1.99. The first-order valence-corrected chi connectivity index (χ1v) is 11.7. The van der Waals surface area contributed by atoms with Crippen LogP contribution in [0.5, 0.6) is 0 Å². The van der Waals surface area contributed by atoms with E-state index in [1.807, 2.05) is 6.08 Å². The van der Waals surface area contributed by atoms with Crippen molar-refractivity contribution in [3.63, 3.8) is 0 Å². The van der Waals surface area contributed by atoms with Crippen LogP contribution in [0.3, 0.4) is 0 Å². The Bertz CT molecular complexity index is 610. The molecule has 0 radical (unpaired) electrons. The second kappa shape index (κ2) is 7.01. The summed E-state index contributed by atoms with van der Waals surface area (Å²) in [7, 11) is -1.99. The van der Waals surface area contributed by atoms with Gasteiger partial charge in [-0.3, -0.25) is 4.90 Å². The number of nitrogens with zero attached hydrogens (tertiary/aromatic N) is 2. The SMILES string of the molecule is CC(C)(C)[Si](C)(C)OC[C@@H]1C(c2ncco2)=CC(Br)CN1C(=O)O. The van der Waals surface area contributed by atoms with E-state index in [2.05, 4.69) is 54.8 Å². The molecule has 2 atom stereocenters. The molecule has 1 aromatic rings. The van der Waals surface area contributed by atoms with Gasteiger partial charge in [0.1, 0.15) is 6.26 Å². The van der Waals surface area contributed by atoms with E-state index >= 15 is 0 Å². The molecule has 134 valence electrons. The summed E-state index contributed by atoms with van der Waals surface area (Å²) in [6.07, 6.45) is 4.04. The number of aromatic nitrogens is 1. The Balaban J connectivity index is 2.30. The summed E-state index contributed by atoms with van der Waals surface area (Å²) >= 11 is 3.49. The van der Waals surface area contributed by atoms with Crippen molar-refractivity contribution in [3.05, 3.63) is 24.4 Å². The van der Waals surface area contributed by atoms with Gasteiger partial charge in [0.05, 0.1) is 23.7 Å². The van der Waals surface area contributed by atoms with E-state index in [-0.39, 0.29) is 9.87 Å². The zero-order valence-electron chi connectivity index (χ0n) is 14.7. The van der Waals surface area contributed by atoms with Gasteiger partial charge in [0.25, 0.3) is 0 Å². The quantitative estimate of drug-likeness (QED) is 0.587. The molecular formula is C16H25BrN2O4Si. The van der Waals surface area contributed by atoms with Gasteiger partial charge in [0.2, 0.25) is 5.89 Å². The van der Waals surface area contributed by atoms with Crippen molar-refractivity contribution >= 4 is 35.9 Å². The van der Waals surface area contributed by atoms with Crippen LogP contribution in [0, 0.1) is 0 Å². The molecule has 24 heavy (non-hydrogen) atoms. The average Bonchev–Trinajstić information content (AvgIpc) is 2.97. The molecular weight excluding hydrogens is 392 g/mol. The molecule has 6 nitrogen and oxygen atoms in total. The first-order valence-electron chi connectivity index (χ1n) is 7.92. The van der Waals surface area contributed by atoms with Crippen molar-refractivity contribution in [3.8, 4) is 0 Å². The predicted octanol–water partition coefficient (Wildman–Crippen LogP) is 4.21. The Morgan fingerprint density at radius 1 is 1.54 bits per heavy atom. The third kappa shape index (κ3) is 4.10. The fourth-order valence-electron chi connectivity index (χ4n) is 2.32. The predicted molar refractivity (Wildman–Crippen MR) is 98.9 cm³/mol. The molecule has 8 heteroatoms. The Kier molecular flexibility index (Phi) is 5.61. The summed E-state index contributed by atoms with van der Waals surface area (Å²) in [4.78, 5) is 17.2. The molecule has 2 rings (SSSR count). The van der Waals surface area contributed by atoms with Gasteiger partial charge in [-0.1, -0.05) is 42.8 Å². The number of oxazole rings is 1. The van der Waals surface area contributed by atoms with Crippen LogP contribution in [-0.4, -0.2) is 53.4 Å². The van der Waals surface area contributed by atoms with E-state index < -0.39 is 20.5 Å². The van der Waals surface area contributed by atoms with E-state index in [4.69, 9.17) is 8.84 Å². The Morgan fingerprint density at radius 3 is 2.71 bits per heavy atom. The molecule has 0 spiro atoms. The molecule has 2 heterocycles. The molecule has 0 saturated carbocycles. The van der Waals surface area contributed by atoms with Crippen LogP contribution in [0.2, 0.25) is 18.1 Å². The highest BCUT2D eigenvalue weighted by atomic mass is 79.9. The largest absolute Gasteiger partial charge is 0.465 e. The Labute approximate surface area is 152 Å². The van der Waals surface area contributed by atoms with Crippen molar-refractivity contribution < 1.29 is 18.7 Å². The van der Waals surface area contributed by atoms with Crippen LogP contribution in [0.1, 0.15) is 26.7 Å². The van der Waals surface area contributed by atoms with E-state index in [0.29, 0.717) is 19.0 Å². The monoisotopic (exact) mass is 416 g/mol. The van der Waals surface area contributed by atoms with Crippen LogP contribution in [0.4, 0.5) is 4.79 Å². The van der Waals surface area contributed by atoms with Crippen molar-refractivity contribution in [2.45, 2.75) is 49.8 Å². The van der Waals surface area contributed by atoms with Gasteiger partial charge >= 0.3 is 6.09 Å². The van der Waals surface area contributed by atoms with Crippen molar-refractivity contribution in [2.24, 2.45) is 0 Å². The highest BCUT2D eigenvalue weighted by molar-refractivity contribution is 9.09. The molecule has 1 unspecified atom stereocenters. The number of carboxylic acid groups (broad SMARTS) is 1. The number of hydrogen-bond acceptors (Lipinski definition) is 4. The first kappa shape index (κ1) is 19.2. The lowest BCUT2D eigenvalue weighted by Gasteiger charge is -2.40. The average molecular weight is 417 g/mol. The van der Waals surface area contributed by atoms with Crippen molar-refractivity contribution in [1.82, 2.24) is 9.88 Å². The minimum absolute atomic E-state index is 0.0560. The van der Waals surface area contributed by atoms with Gasteiger partial charge in [-0.2, -0.15) is 0 Å². The summed E-state index contributed by atoms with van der Waals surface area (Å²) < 4.78 is 11.7. The maximum absolute atomic E-state index is 11.7. The second-order valence-corrected chi connectivity index (χ2v) is 13.5. The summed E-state index contributed by atoms with van der Waals surface area (Å²) in [5, 5.41) is 9.67. The zero-order valence-corrected chi connectivity index (χ0v) is 17.3. The van der Waals surface area contributed by atoms with Crippen LogP contribution in [0.15, 0.2) is 23.0 Å². The van der Waals surface area contributed by atoms with Crippen molar-refractivity contribution in [2.75, 3.05) is 13.2 Å². The number of amides is 1. The molecule has 1 N–H and O–H groups in total. The molecule has 0 bridgehead atoms. The summed E-state index contributed by atoms with van der Waals surface area (Å²) in [5.41, 5.74) is 0.745. The van der Waals surface area contributed by atoms with Gasteiger partial charge in [-0.15, -0.1) is 0 Å². The van der Waals surface area contributed by atoms with Gasteiger partial charge < -0.3 is 13.9 Å². The lowest BCUT2D eigenvalue weighted by atomic mass is 10.0. The van der Waals surface area contributed by atoms with Crippen LogP contribution >= 0.6 is 15.9 Å². The van der Waals surface area contributed by atoms with Crippen LogP contribution < -0.4 is 0 Å². The topological polar surface area (TPSA) is 75.8 Å². The van der Waals surface area contributed by atoms with Crippen molar-refractivity contribution in [1.29, 1.82) is 0 Å². The normalized spacial score (nSPS) is 22.4. The van der Waals surface area contributed by atoms with E-state index in [0.717, 1.165) is 5.57 Å². The highest BCUT2D eigenvalue weighted by Crippen LogP contribution is 2.38. The molecule has 1 aromatic heterocycles. The maximum Gasteiger partial charge on any atom is 0.407 e. The number of alkyl halides is 1. The van der Waals surface area contributed by atoms with Gasteiger partial charge in [0.15, 0.2) is 8.32 Å². The van der Waals surface area contributed by atoms with Crippen LogP contribution in [-0.2, 0) is 4.43 Å². The molecule has 1 amide bonds. The second-order valence-electron chi connectivity index (χ2n) is 7.50. The van der Waals surface area contributed by atoms with E-state index in [1.54, 1.807) is 6.20 Å². The third-order valence-corrected chi connectivity index (χ3v) is 9.85. The Hall–Kier alpha value is -1.12. The lowest BCUT2D eigenvalue weighted by molar-refractivity contribution is 0.116. The third-order valence-electron chi connectivity index (χ3n) is 4.80. The van der Waals surface area contributed by atoms with E-state index in [1.165, 1.54) is 11.2 Å². The number of hydrogen-bond donors (Lipinski definition) is 1. The van der Waals surface area contributed by atoms with Gasteiger partial charge in [-0.25, -0.2) is 9.78 Å². The molecule has 0 aromatic carbocycles. The fourth-order valence-corrected chi connectivity index (χ4v) is 3.92. The zero-order chi connectivity index (χ0) is 18.1. The van der Waals surface area contributed by atoms with Gasteiger partial charge in [-0.05, 0) is 18.1 Å².